The van der Waals surface area contributed by atoms with Crippen LogP contribution in [0.5, 0.6) is 0 Å². The van der Waals surface area contributed by atoms with Gasteiger partial charge in [-0.2, -0.15) is 0 Å². The summed E-state index contributed by atoms with van der Waals surface area (Å²) in [5.74, 6) is 0. The molecule has 2 atom stereocenters. The molecule has 1 aliphatic rings. The summed E-state index contributed by atoms with van der Waals surface area (Å²) in [6.45, 7) is 9.05. The van der Waals surface area contributed by atoms with Crippen LogP contribution in [0.15, 0.2) is 20.9 Å². The second-order valence-corrected chi connectivity index (χ2v) is 10.5. The van der Waals surface area contributed by atoms with Crippen molar-refractivity contribution in [1.82, 2.24) is 4.72 Å². The molecule has 1 aliphatic heterocycles. The van der Waals surface area contributed by atoms with Gasteiger partial charge in [-0.05, 0) is 62.5 Å². The normalized spacial score (nSPS) is 20.2. The van der Waals surface area contributed by atoms with Gasteiger partial charge in [-0.15, -0.1) is 16.1 Å². The third-order valence-corrected chi connectivity index (χ3v) is 7.21. The summed E-state index contributed by atoms with van der Waals surface area (Å²) in [6, 6.07) is 2.12. The standard InChI is InChI=1S/C15H23BrN2OS2/c1-14(2,3)21(19)18-15(4,9-12-6-5-7-17-12)13-8-11(16)10-20-13/h8,10,18H,5-7,9H2,1-4H3/t15-,21?/m0/s1. The van der Waals surface area contributed by atoms with Crippen molar-refractivity contribution in [3.8, 4) is 0 Å². The van der Waals surface area contributed by atoms with Crippen molar-refractivity contribution in [2.45, 2.75) is 57.2 Å². The van der Waals surface area contributed by atoms with E-state index in [1.54, 1.807) is 11.3 Å². The second kappa shape index (κ2) is 6.71. The van der Waals surface area contributed by atoms with Gasteiger partial charge in [-0.1, -0.05) is 0 Å². The molecule has 1 aromatic rings. The van der Waals surface area contributed by atoms with Crippen molar-refractivity contribution >= 4 is 44.3 Å². The van der Waals surface area contributed by atoms with Gasteiger partial charge in [0.05, 0.1) is 5.54 Å². The number of nitrogens with zero attached hydrogens (tertiary/aromatic N) is 1. The smallest absolute Gasteiger partial charge is 0.136 e. The number of halogens is 1. The van der Waals surface area contributed by atoms with E-state index in [-0.39, 0.29) is 10.3 Å². The highest BCUT2D eigenvalue weighted by Gasteiger charge is 2.39. The van der Waals surface area contributed by atoms with E-state index in [0.29, 0.717) is 0 Å². The molecule has 0 saturated heterocycles. The Morgan fingerprint density at radius 2 is 2.14 bits per heavy atom. The summed E-state index contributed by atoms with van der Waals surface area (Å²) in [7, 11) is 0. The predicted molar refractivity (Wildman–Crippen MR) is 96.6 cm³/mol. The predicted octanol–water partition coefficient (Wildman–Crippen LogP) is 4.40. The molecule has 1 aromatic heterocycles. The van der Waals surface area contributed by atoms with Crippen molar-refractivity contribution in [2.24, 2.45) is 4.99 Å². The third-order valence-electron chi connectivity index (χ3n) is 3.50. The van der Waals surface area contributed by atoms with E-state index in [2.05, 4.69) is 44.0 Å². The van der Waals surface area contributed by atoms with E-state index in [1.165, 1.54) is 10.6 Å². The zero-order valence-corrected chi connectivity index (χ0v) is 16.3. The fourth-order valence-electron chi connectivity index (χ4n) is 2.29. The zero-order chi connectivity index (χ0) is 15.7. The van der Waals surface area contributed by atoms with Gasteiger partial charge >= 0.3 is 0 Å². The Bertz CT molecular complexity index is 524. The van der Waals surface area contributed by atoms with Crippen LogP contribution in [0.3, 0.4) is 0 Å². The van der Waals surface area contributed by atoms with E-state index >= 15 is 0 Å². The highest BCUT2D eigenvalue weighted by Crippen LogP contribution is 2.35. The fourth-order valence-corrected chi connectivity index (χ4v) is 4.79. The Balaban J connectivity index is 2.24. The summed E-state index contributed by atoms with van der Waals surface area (Å²) in [5, 5.41) is 2.08. The van der Waals surface area contributed by atoms with Crippen molar-refractivity contribution in [3.63, 3.8) is 0 Å². The molecule has 1 N–H and O–H groups in total. The lowest BCUT2D eigenvalue weighted by molar-refractivity contribution is 0.440. The molecule has 3 nitrogen and oxygen atoms in total. The van der Waals surface area contributed by atoms with Crippen LogP contribution >= 0.6 is 27.3 Å². The highest BCUT2D eigenvalue weighted by atomic mass is 79.9. The average Bonchev–Trinajstić information content (AvgIpc) is 2.99. The van der Waals surface area contributed by atoms with Crippen molar-refractivity contribution in [2.75, 3.05) is 6.54 Å². The van der Waals surface area contributed by atoms with Gasteiger partial charge in [-0.25, -0.2) is 0 Å². The molecular weight excluding hydrogens is 368 g/mol. The molecule has 21 heavy (non-hydrogen) atoms. The maximum absolute atomic E-state index is 12.6. The average molecular weight is 391 g/mol. The fraction of sp³-hybridized carbons (Fsp3) is 0.667. The number of hydrogen-bond acceptors (Lipinski definition) is 4. The van der Waals surface area contributed by atoms with Crippen LogP contribution < -0.4 is 4.72 Å². The first kappa shape index (κ1) is 17.5. The number of thiophene rings is 1. The summed E-state index contributed by atoms with van der Waals surface area (Å²) in [5.41, 5.74) is 0.901. The highest BCUT2D eigenvalue weighted by molar-refractivity contribution is 9.10. The Morgan fingerprint density at radius 1 is 1.43 bits per heavy atom. The van der Waals surface area contributed by atoms with Crippen molar-refractivity contribution in [1.29, 1.82) is 0 Å². The van der Waals surface area contributed by atoms with Crippen LogP contribution in [0.4, 0.5) is 0 Å². The van der Waals surface area contributed by atoms with Gasteiger partial charge < -0.3 is 4.55 Å². The molecule has 0 amide bonds. The maximum Gasteiger partial charge on any atom is 0.136 e. The molecule has 0 bridgehead atoms. The number of rotatable bonds is 5. The minimum Gasteiger partial charge on any atom is -0.598 e. The monoisotopic (exact) mass is 390 g/mol. The van der Waals surface area contributed by atoms with E-state index in [1.807, 2.05) is 20.8 Å². The van der Waals surface area contributed by atoms with E-state index in [9.17, 15) is 4.55 Å². The Labute approximate surface area is 143 Å². The molecule has 6 heteroatoms. The molecule has 118 valence electrons. The Hall–Kier alpha value is 0.120. The van der Waals surface area contributed by atoms with Crippen LogP contribution in [0.25, 0.3) is 0 Å². The quantitative estimate of drug-likeness (QED) is 0.757. The summed E-state index contributed by atoms with van der Waals surface area (Å²) in [4.78, 5) is 5.79. The Kier molecular flexibility index (Phi) is 5.58. The summed E-state index contributed by atoms with van der Waals surface area (Å²) < 4.78 is 16.7. The van der Waals surface area contributed by atoms with Crippen LogP contribution in [-0.2, 0) is 16.9 Å². The van der Waals surface area contributed by atoms with Crippen LogP contribution in [0, 0.1) is 0 Å². The molecule has 0 aliphatic carbocycles. The molecule has 0 aromatic carbocycles. The third kappa shape index (κ3) is 4.55. The van der Waals surface area contributed by atoms with E-state index in [4.69, 9.17) is 0 Å². The molecule has 1 unspecified atom stereocenters. The first-order valence-corrected chi connectivity index (χ1v) is 9.99. The van der Waals surface area contributed by atoms with E-state index < -0.39 is 11.4 Å². The SMILES string of the molecule is CC(C)(C)[S+]([O-])N[C@@](C)(CC1=NCCC1)c1cc(Br)cs1. The van der Waals surface area contributed by atoms with Crippen molar-refractivity contribution < 1.29 is 4.55 Å². The summed E-state index contributed by atoms with van der Waals surface area (Å²) >= 11 is 4.10. The van der Waals surface area contributed by atoms with Gasteiger partial charge in [0.15, 0.2) is 0 Å². The van der Waals surface area contributed by atoms with Crippen LogP contribution in [-0.4, -0.2) is 21.6 Å². The number of hydrogen-bond donors (Lipinski definition) is 1. The Morgan fingerprint density at radius 3 is 2.62 bits per heavy atom. The zero-order valence-electron chi connectivity index (χ0n) is 13.0. The summed E-state index contributed by atoms with van der Waals surface area (Å²) in [6.07, 6.45) is 3.02. The van der Waals surface area contributed by atoms with Gasteiger partial charge in [0.1, 0.15) is 4.75 Å². The van der Waals surface area contributed by atoms with Gasteiger partial charge in [0.2, 0.25) is 0 Å². The first-order chi connectivity index (χ1) is 9.71. The molecule has 2 rings (SSSR count). The second-order valence-electron chi connectivity index (χ2n) is 6.67. The molecule has 2 heterocycles. The molecule has 0 radical (unpaired) electrons. The van der Waals surface area contributed by atoms with Crippen LogP contribution in [0.2, 0.25) is 0 Å². The maximum atomic E-state index is 12.6. The molecular formula is C15H23BrN2OS2. The lowest BCUT2D eigenvalue weighted by Crippen LogP contribution is -2.50. The van der Waals surface area contributed by atoms with Gasteiger partial charge in [-0.3, -0.25) is 4.99 Å². The van der Waals surface area contributed by atoms with E-state index in [0.717, 1.165) is 30.3 Å². The van der Waals surface area contributed by atoms with Gasteiger partial charge in [0.25, 0.3) is 0 Å². The minimum atomic E-state index is -1.11. The first-order valence-electron chi connectivity index (χ1n) is 7.17. The van der Waals surface area contributed by atoms with Gasteiger partial charge in [0, 0.05) is 44.8 Å². The van der Waals surface area contributed by atoms with Crippen molar-refractivity contribution in [3.05, 3.63) is 20.8 Å². The topological polar surface area (TPSA) is 47.4 Å². The van der Waals surface area contributed by atoms with Crippen LogP contribution in [0.1, 0.15) is 51.8 Å². The molecule has 0 fully saturated rings. The number of aliphatic imine (C=N–C) groups is 1. The lowest BCUT2D eigenvalue weighted by Gasteiger charge is -2.34. The number of nitrogens with one attached hydrogen (secondary N) is 1. The molecule has 0 spiro atoms. The lowest BCUT2D eigenvalue weighted by atomic mass is 9.93. The molecule has 0 saturated carbocycles. The minimum absolute atomic E-state index is 0.284. The largest absolute Gasteiger partial charge is 0.598 e.